The number of amides is 1. The molecular weight excluding hydrogens is 363 g/mol. The minimum atomic E-state index is -4.47. The van der Waals surface area contributed by atoms with E-state index in [1.165, 1.54) is 17.4 Å². The molecule has 0 unspecified atom stereocenters. The molecule has 0 aliphatic carbocycles. The molecule has 2 rings (SSSR count). The van der Waals surface area contributed by atoms with E-state index in [2.05, 4.69) is 15.5 Å². The Bertz CT molecular complexity index is 759. The van der Waals surface area contributed by atoms with Crippen LogP contribution in [-0.2, 0) is 17.4 Å². The predicted molar refractivity (Wildman–Crippen MR) is 88.0 cm³/mol. The molecule has 0 fully saturated rings. The van der Waals surface area contributed by atoms with Gasteiger partial charge in [0.15, 0.2) is 0 Å². The molecule has 9 heteroatoms. The summed E-state index contributed by atoms with van der Waals surface area (Å²) in [6.45, 7) is 2.00. The first-order chi connectivity index (χ1) is 11.3. The van der Waals surface area contributed by atoms with Gasteiger partial charge < -0.3 is 0 Å². The van der Waals surface area contributed by atoms with Gasteiger partial charge in [-0.25, -0.2) is 0 Å². The van der Waals surface area contributed by atoms with E-state index in [4.69, 9.17) is 11.6 Å². The van der Waals surface area contributed by atoms with Crippen molar-refractivity contribution in [3.63, 3.8) is 0 Å². The summed E-state index contributed by atoms with van der Waals surface area (Å²) >= 11 is 7.11. The first-order valence-electron chi connectivity index (χ1n) is 6.97. The average Bonchev–Trinajstić information content (AvgIpc) is 2.92. The smallest absolute Gasteiger partial charge is 0.297 e. The van der Waals surface area contributed by atoms with Crippen molar-refractivity contribution in [2.45, 2.75) is 25.9 Å². The fraction of sp³-hybridized carbons (Fsp3) is 0.267. The number of aromatic nitrogens is 2. The Labute approximate surface area is 145 Å². The molecule has 2 aromatic rings. The van der Waals surface area contributed by atoms with Crippen molar-refractivity contribution in [1.82, 2.24) is 10.2 Å². The molecule has 0 radical (unpaired) electrons. The summed E-state index contributed by atoms with van der Waals surface area (Å²) in [5.74, 6) is -0.525. The van der Waals surface area contributed by atoms with Gasteiger partial charge in [0.2, 0.25) is 11.0 Å². The highest BCUT2D eigenvalue weighted by molar-refractivity contribution is 7.15. The van der Waals surface area contributed by atoms with Gasteiger partial charge in [0.1, 0.15) is 5.01 Å². The number of carbonyl (C=O) groups excluding carboxylic acids is 1. The Balaban J connectivity index is 2.08. The van der Waals surface area contributed by atoms with E-state index in [9.17, 15) is 18.0 Å². The summed E-state index contributed by atoms with van der Waals surface area (Å²) in [7, 11) is 0. The number of halogens is 4. The van der Waals surface area contributed by atoms with Crippen LogP contribution in [0, 0.1) is 0 Å². The molecule has 0 atom stereocenters. The van der Waals surface area contributed by atoms with Crippen LogP contribution in [0.3, 0.4) is 0 Å². The number of hydrogen-bond donors (Lipinski definition) is 1. The van der Waals surface area contributed by atoms with Crippen LogP contribution in [0.15, 0.2) is 24.3 Å². The molecule has 0 aliphatic rings. The summed E-state index contributed by atoms with van der Waals surface area (Å²) in [6.07, 6.45) is -0.472. The number of anilines is 1. The second-order valence-corrected chi connectivity index (χ2v) is 6.28. The third-order valence-electron chi connectivity index (χ3n) is 2.90. The molecule has 0 aliphatic heterocycles. The molecule has 1 amide bonds. The highest BCUT2D eigenvalue weighted by Crippen LogP contribution is 2.32. The van der Waals surface area contributed by atoms with E-state index in [1.807, 2.05) is 6.92 Å². The van der Waals surface area contributed by atoms with Crippen molar-refractivity contribution in [2.24, 2.45) is 0 Å². The number of alkyl halides is 3. The maximum absolute atomic E-state index is 12.7. The zero-order valence-corrected chi connectivity index (χ0v) is 14.1. The molecule has 24 heavy (non-hydrogen) atoms. The molecule has 0 saturated carbocycles. The first kappa shape index (κ1) is 18.4. The average molecular weight is 376 g/mol. The number of hydrogen-bond acceptors (Lipinski definition) is 4. The fourth-order valence-corrected chi connectivity index (χ4v) is 2.80. The van der Waals surface area contributed by atoms with Gasteiger partial charge in [0.25, 0.3) is 0 Å². The van der Waals surface area contributed by atoms with Crippen LogP contribution in [0.2, 0.25) is 5.02 Å². The number of carbonyl (C=O) groups is 1. The lowest BCUT2D eigenvalue weighted by Crippen LogP contribution is -2.07. The van der Waals surface area contributed by atoms with E-state index in [0.29, 0.717) is 5.13 Å². The number of aryl methyl sites for hydroxylation is 1. The summed E-state index contributed by atoms with van der Waals surface area (Å²) in [4.78, 5) is 11.8. The lowest BCUT2D eigenvalue weighted by atomic mass is 10.1. The summed E-state index contributed by atoms with van der Waals surface area (Å²) in [6, 6.07) is 2.91. The Morgan fingerprint density at radius 3 is 2.79 bits per heavy atom. The Morgan fingerprint density at radius 1 is 1.38 bits per heavy atom. The number of nitrogens with one attached hydrogen (secondary N) is 1. The van der Waals surface area contributed by atoms with Gasteiger partial charge in [-0.05, 0) is 36.3 Å². The van der Waals surface area contributed by atoms with Gasteiger partial charge >= 0.3 is 6.18 Å². The van der Waals surface area contributed by atoms with Crippen molar-refractivity contribution in [2.75, 3.05) is 5.32 Å². The molecule has 0 bridgehead atoms. The van der Waals surface area contributed by atoms with Crippen LogP contribution in [0.25, 0.3) is 6.08 Å². The highest BCUT2D eigenvalue weighted by atomic mass is 35.5. The highest BCUT2D eigenvalue weighted by Gasteiger charge is 2.30. The van der Waals surface area contributed by atoms with Crippen LogP contribution in [0.5, 0.6) is 0 Å². The van der Waals surface area contributed by atoms with E-state index >= 15 is 0 Å². The van der Waals surface area contributed by atoms with E-state index in [0.717, 1.165) is 42.1 Å². The van der Waals surface area contributed by atoms with Crippen LogP contribution in [0.4, 0.5) is 18.3 Å². The molecular formula is C15H13ClF3N3OS. The van der Waals surface area contributed by atoms with Gasteiger partial charge in [-0.3, -0.25) is 10.1 Å². The monoisotopic (exact) mass is 375 g/mol. The lowest BCUT2D eigenvalue weighted by molar-refractivity contribution is -0.137. The van der Waals surface area contributed by atoms with Crippen LogP contribution >= 0.6 is 22.9 Å². The third-order valence-corrected chi connectivity index (χ3v) is 4.14. The minimum absolute atomic E-state index is 0.102. The van der Waals surface area contributed by atoms with Gasteiger partial charge in [0, 0.05) is 17.5 Å². The molecule has 1 aromatic heterocycles. The topological polar surface area (TPSA) is 54.9 Å². The second-order valence-electron chi connectivity index (χ2n) is 4.81. The van der Waals surface area contributed by atoms with Crippen LogP contribution in [-0.4, -0.2) is 16.1 Å². The van der Waals surface area contributed by atoms with E-state index < -0.39 is 17.6 Å². The molecule has 0 spiro atoms. The maximum atomic E-state index is 12.7. The lowest BCUT2D eigenvalue weighted by Gasteiger charge is -2.08. The fourth-order valence-electron chi connectivity index (χ4n) is 1.78. The SMILES string of the molecule is CCCc1nnc(NC(=O)/C=C/c2cc(C(F)(F)F)ccc2Cl)s1. The molecule has 128 valence electrons. The van der Waals surface area contributed by atoms with Crippen LogP contribution < -0.4 is 5.32 Å². The summed E-state index contributed by atoms with van der Waals surface area (Å²) < 4.78 is 38.1. The Hall–Kier alpha value is -1.93. The van der Waals surface area contributed by atoms with Crippen molar-refractivity contribution >= 4 is 40.1 Å². The van der Waals surface area contributed by atoms with Crippen molar-refractivity contribution in [3.05, 3.63) is 45.4 Å². The molecule has 4 nitrogen and oxygen atoms in total. The minimum Gasteiger partial charge on any atom is -0.297 e. The molecule has 0 saturated heterocycles. The predicted octanol–water partition coefficient (Wildman–Crippen LogP) is 4.81. The second kappa shape index (κ2) is 7.76. The summed E-state index contributed by atoms with van der Waals surface area (Å²) in [5.41, 5.74) is -0.731. The first-order valence-corrected chi connectivity index (χ1v) is 8.17. The standard InChI is InChI=1S/C15H13ClF3N3OS/c1-2-3-13-21-22-14(24-13)20-12(23)7-4-9-8-10(15(17,18)19)5-6-11(9)16/h4-8H,2-3H2,1H3,(H,20,22,23)/b7-4+. The number of benzene rings is 1. The van der Waals surface area contributed by atoms with E-state index in [1.54, 1.807) is 0 Å². The summed E-state index contributed by atoms with van der Waals surface area (Å²) in [5, 5.41) is 11.5. The molecule has 1 aromatic carbocycles. The van der Waals surface area contributed by atoms with Crippen molar-refractivity contribution in [1.29, 1.82) is 0 Å². The van der Waals surface area contributed by atoms with E-state index in [-0.39, 0.29) is 10.6 Å². The maximum Gasteiger partial charge on any atom is 0.416 e. The third kappa shape index (κ3) is 5.04. The number of rotatable bonds is 5. The zero-order valence-electron chi connectivity index (χ0n) is 12.5. The molecule has 1 heterocycles. The number of nitrogens with zero attached hydrogens (tertiary/aromatic N) is 2. The van der Waals surface area contributed by atoms with Gasteiger partial charge in [-0.1, -0.05) is 29.9 Å². The van der Waals surface area contributed by atoms with Gasteiger partial charge in [-0.15, -0.1) is 10.2 Å². The van der Waals surface area contributed by atoms with Gasteiger partial charge in [0.05, 0.1) is 5.56 Å². The van der Waals surface area contributed by atoms with Crippen LogP contribution in [0.1, 0.15) is 29.5 Å². The van der Waals surface area contributed by atoms with Crippen molar-refractivity contribution < 1.29 is 18.0 Å². The quantitative estimate of drug-likeness (QED) is 0.762. The Kier molecular flexibility index (Phi) is 5.95. The normalized spacial score (nSPS) is 11.9. The largest absolute Gasteiger partial charge is 0.416 e. The zero-order chi connectivity index (χ0) is 17.7. The van der Waals surface area contributed by atoms with Crippen molar-refractivity contribution in [3.8, 4) is 0 Å². The molecule has 1 N–H and O–H groups in total. The Morgan fingerprint density at radius 2 is 2.12 bits per heavy atom. The van der Waals surface area contributed by atoms with Gasteiger partial charge in [-0.2, -0.15) is 13.2 Å².